The third-order valence-corrected chi connectivity index (χ3v) is 9.01. The Morgan fingerprint density at radius 1 is 1.05 bits per heavy atom. The Kier molecular flexibility index (Phi) is 3.18. The lowest BCUT2D eigenvalue weighted by atomic mass is 9.99. The maximum Gasteiger partial charge on any atom is 0.192 e. The molecule has 5 rings (SSSR count). The molecule has 4 heteroatoms. The summed E-state index contributed by atoms with van der Waals surface area (Å²) in [6.45, 7) is 0. The number of benzene rings is 1. The smallest absolute Gasteiger partial charge is 0.192 e. The van der Waals surface area contributed by atoms with Crippen LogP contribution < -0.4 is 0 Å². The zero-order chi connectivity index (χ0) is 14.6. The summed E-state index contributed by atoms with van der Waals surface area (Å²) in [5.41, 5.74) is 1.29. The molecule has 0 amide bonds. The number of nitrogens with zero attached hydrogens (tertiary/aromatic N) is 1. The molecule has 2 saturated carbocycles. The van der Waals surface area contributed by atoms with E-state index in [0.29, 0.717) is 11.4 Å². The van der Waals surface area contributed by atoms with Gasteiger partial charge in [-0.05, 0) is 32.1 Å². The van der Waals surface area contributed by atoms with Crippen LogP contribution in [0.4, 0.5) is 0 Å². The van der Waals surface area contributed by atoms with Crippen molar-refractivity contribution in [1.82, 2.24) is 0 Å². The molecule has 0 bridgehead atoms. The molecule has 2 heterocycles. The molecule has 3 atom stereocenters. The van der Waals surface area contributed by atoms with Gasteiger partial charge in [0, 0.05) is 10.8 Å². The molecule has 1 aromatic rings. The first kappa shape index (κ1) is 13.9. The van der Waals surface area contributed by atoms with Crippen LogP contribution in [0.2, 0.25) is 0 Å². The van der Waals surface area contributed by atoms with Gasteiger partial charge in [-0.2, -0.15) is 0 Å². The van der Waals surface area contributed by atoms with Crippen molar-refractivity contribution < 1.29 is 4.74 Å². The number of rotatable bonds is 1. The number of ether oxygens (including phenoxy) is 1. The van der Waals surface area contributed by atoms with Crippen molar-refractivity contribution in [3.8, 4) is 0 Å². The highest BCUT2D eigenvalue weighted by Gasteiger charge is 2.65. The van der Waals surface area contributed by atoms with Gasteiger partial charge in [-0.3, -0.25) is 4.99 Å². The summed E-state index contributed by atoms with van der Waals surface area (Å²) in [5, 5.41) is 1.91. The molecule has 1 aromatic carbocycles. The van der Waals surface area contributed by atoms with Crippen LogP contribution in [0.1, 0.15) is 50.5 Å². The van der Waals surface area contributed by atoms with Crippen LogP contribution in [0.5, 0.6) is 0 Å². The number of hydrogen-bond acceptors (Lipinski definition) is 4. The van der Waals surface area contributed by atoms with Gasteiger partial charge in [-0.15, -0.1) is 11.8 Å². The molecule has 0 radical (unpaired) electrons. The largest absolute Gasteiger partial charge is 0.347 e. The summed E-state index contributed by atoms with van der Waals surface area (Å²) in [5.74, 6) is 0. The Bertz CT molecular complexity index is 597. The second-order valence-corrected chi connectivity index (χ2v) is 9.76. The zero-order valence-corrected chi connectivity index (χ0v) is 14.3. The van der Waals surface area contributed by atoms with Gasteiger partial charge in [-0.25, -0.2) is 0 Å². The first-order valence-electron chi connectivity index (χ1n) is 8.50. The van der Waals surface area contributed by atoms with E-state index in [1.54, 1.807) is 0 Å². The summed E-state index contributed by atoms with van der Waals surface area (Å²) in [6.07, 6.45) is 9.37. The van der Waals surface area contributed by atoms with Crippen LogP contribution in [-0.2, 0) is 4.74 Å². The maximum absolute atomic E-state index is 6.73. The highest BCUT2D eigenvalue weighted by molar-refractivity contribution is 8.26. The molecule has 116 valence electrons. The third-order valence-electron chi connectivity index (χ3n) is 5.57. The van der Waals surface area contributed by atoms with Gasteiger partial charge in [0.15, 0.2) is 4.27 Å². The minimum absolute atomic E-state index is 0.0256. The SMILES string of the molecule is c1ccc(C2=NC3(CCCC3)[C@@]3(O[C@H]4CCC[C@@H]4S3)S2)cc1. The second-order valence-electron chi connectivity index (χ2n) is 6.92. The lowest BCUT2D eigenvalue weighted by Gasteiger charge is -2.36. The Morgan fingerprint density at radius 3 is 2.64 bits per heavy atom. The summed E-state index contributed by atoms with van der Waals surface area (Å²) >= 11 is 4.03. The zero-order valence-electron chi connectivity index (χ0n) is 12.7. The minimum Gasteiger partial charge on any atom is -0.347 e. The molecule has 4 aliphatic rings. The fourth-order valence-electron chi connectivity index (χ4n) is 4.45. The Hall–Kier alpha value is -0.450. The molecule has 0 unspecified atom stereocenters. The average molecular weight is 332 g/mol. The van der Waals surface area contributed by atoms with Crippen LogP contribution in [0.15, 0.2) is 35.3 Å². The molecule has 2 spiro atoms. The molecule has 2 nitrogen and oxygen atoms in total. The number of fused-ring (bicyclic) bond motifs is 2. The summed E-state index contributed by atoms with van der Waals surface area (Å²) < 4.78 is 6.60. The Balaban J connectivity index is 1.54. The highest BCUT2D eigenvalue weighted by atomic mass is 32.2. The normalized spacial score (nSPS) is 38.8. The predicted octanol–water partition coefficient (Wildman–Crippen LogP) is 4.83. The highest BCUT2D eigenvalue weighted by Crippen LogP contribution is 2.66. The van der Waals surface area contributed by atoms with Crippen LogP contribution in [-0.4, -0.2) is 26.2 Å². The summed E-state index contributed by atoms with van der Waals surface area (Å²) in [6, 6.07) is 10.7. The molecule has 1 saturated heterocycles. The number of thioether (sulfide) groups is 2. The van der Waals surface area contributed by atoms with Gasteiger partial charge >= 0.3 is 0 Å². The van der Waals surface area contributed by atoms with Crippen LogP contribution in [0.25, 0.3) is 0 Å². The van der Waals surface area contributed by atoms with E-state index in [-0.39, 0.29) is 9.80 Å². The minimum atomic E-state index is -0.134. The molecule has 2 aliphatic carbocycles. The van der Waals surface area contributed by atoms with Gasteiger partial charge in [0.05, 0.1) is 6.10 Å². The fraction of sp³-hybridized carbons (Fsp3) is 0.611. The standard InChI is InChI=1S/C18H21NOS2/c1-2-7-13(8-3-1)16-19-17(11-4-5-12-17)18(22-16)20-14-9-6-10-15(14)21-18/h1-3,7-8,14-15H,4-6,9-12H2/t14-,15-,18-/m0/s1. The van der Waals surface area contributed by atoms with Gasteiger partial charge in [-0.1, -0.05) is 54.9 Å². The molecular weight excluding hydrogens is 310 g/mol. The van der Waals surface area contributed by atoms with Gasteiger partial charge in [0.1, 0.15) is 10.6 Å². The molecule has 0 aromatic heterocycles. The Labute approximate surface area is 140 Å². The van der Waals surface area contributed by atoms with E-state index < -0.39 is 0 Å². The average Bonchev–Trinajstić information content (AvgIpc) is 3.27. The van der Waals surface area contributed by atoms with E-state index in [2.05, 4.69) is 42.1 Å². The van der Waals surface area contributed by atoms with Crippen molar-refractivity contribution in [2.24, 2.45) is 4.99 Å². The van der Waals surface area contributed by atoms with E-state index in [1.165, 1.54) is 55.6 Å². The van der Waals surface area contributed by atoms with E-state index in [9.17, 15) is 0 Å². The van der Waals surface area contributed by atoms with Gasteiger partial charge in [0.25, 0.3) is 0 Å². The lowest BCUT2D eigenvalue weighted by molar-refractivity contribution is 0.00460. The van der Waals surface area contributed by atoms with Crippen molar-refractivity contribution in [1.29, 1.82) is 0 Å². The maximum atomic E-state index is 6.73. The first-order chi connectivity index (χ1) is 10.8. The lowest BCUT2D eigenvalue weighted by Crippen LogP contribution is -2.43. The molecular formula is C18H21NOS2. The van der Waals surface area contributed by atoms with E-state index in [4.69, 9.17) is 9.73 Å². The van der Waals surface area contributed by atoms with Crippen molar-refractivity contribution >= 4 is 28.6 Å². The van der Waals surface area contributed by atoms with Crippen LogP contribution in [0, 0.1) is 0 Å². The quantitative estimate of drug-likeness (QED) is 0.735. The topological polar surface area (TPSA) is 21.6 Å². The summed E-state index contributed by atoms with van der Waals surface area (Å²) in [7, 11) is 0. The Morgan fingerprint density at radius 2 is 1.86 bits per heavy atom. The van der Waals surface area contributed by atoms with Crippen LogP contribution >= 0.6 is 23.5 Å². The number of aliphatic imine (C=N–C) groups is 1. The molecule has 22 heavy (non-hydrogen) atoms. The van der Waals surface area contributed by atoms with Gasteiger partial charge < -0.3 is 4.74 Å². The van der Waals surface area contributed by atoms with Crippen molar-refractivity contribution in [2.75, 3.05) is 0 Å². The van der Waals surface area contributed by atoms with E-state index in [0.717, 1.165) is 0 Å². The predicted molar refractivity (Wildman–Crippen MR) is 94.6 cm³/mol. The van der Waals surface area contributed by atoms with Gasteiger partial charge in [0.2, 0.25) is 0 Å². The fourth-order valence-corrected chi connectivity index (χ4v) is 8.26. The van der Waals surface area contributed by atoms with Crippen molar-refractivity contribution in [3.05, 3.63) is 35.9 Å². The second kappa shape index (κ2) is 5.02. The van der Waals surface area contributed by atoms with E-state index >= 15 is 0 Å². The summed E-state index contributed by atoms with van der Waals surface area (Å²) in [4.78, 5) is 5.29. The van der Waals surface area contributed by atoms with Crippen LogP contribution in [0.3, 0.4) is 0 Å². The molecule has 3 fully saturated rings. The third kappa shape index (κ3) is 1.90. The first-order valence-corrected chi connectivity index (χ1v) is 10.2. The van der Waals surface area contributed by atoms with Crippen molar-refractivity contribution in [2.45, 2.75) is 66.1 Å². The van der Waals surface area contributed by atoms with Crippen molar-refractivity contribution in [3.63, 3.8) is 0 Å². The molecule has 0 N–H and O–H groups in total. The van der Waals surface area contributed by atoms with E-state index in [1.807, 2.05) is 11.8 Å². The number of hydrogen-bond donors (Lipinski definition) is 0. The molecule has 2 aliphatic heterocycles. The monoisotopic (exact) mass is 331 g/mol.